The van der Waals surface area contributed by atoms with E-state index < -0.39 is 24.5 Å². The van der Waals surface area contributed by atoms with Gasteiger partial charge >= 0.3 is 11.9 Å². The summed E-state index contributed by atoms with van der Waals surface area (Å²) < 4.78 is 10.3. The Kier molecular flexibility index (Phi) is 7.66. The molecule has 3 rings (SSSR count). The Morgan fingerprint density at radius 1 is 0.969 bits per heavy atom. The zero-order chi connectivity index (χ0) is 23.3. The van der Waals surface area contributed by atoms with Crippen LogP contribution in [0.25, 0.3) is 11.1 Å². The van der Waals surface area contributed by atoms with Crippen LogP contribution in [0, 0.1) is 13.8 Å². The highest BCUT2D eigenvalue weighted by Gasteiger charge is 2.23. The van der Waals surface area contributed by atoms with Gasteiger partial charge in [0.25, 0.3) is 5.91 Å². The van der Waals surface area contributed by atoms with Gasteiger partial charge in [-0.25, -0.2) is 9.59 Å². The van der Waals surface area contributed by atoms with E-state index in [4.69, 9.17) is 21.1 Å². The molecule has 0 fully saturated rings. The highest BCUT2D eigenvalue weighted by atomic mass is 35.5. The molecule has 0 aliphatic heterocycles. The van der Waals surface area contributed by atoms with Crippen molar-refractivity contribution in [2.75, 3.05) is 18.5 Å². The fraction of sp³-hybridized carbons (Fsp3) is 0.208. The predicted octanol–water partition coefficient (Wildman–Crippen LogP) is 5.66. The Hall–Kier alpha value is -3.16. The number of hydrogen-bond acceptors (Lipinski definition) is 6. The van der Waals surface area contributed by atoms with Crippen LogP contribution in [0.3, 0.4) is 0 Å². The Balaban J connectivity index is 1.75. The van der Waals surface area contributed by atoms with Gasteiger partial charge in [-0.15, -0.1) is 11.3 Å². The number of aryl methyl sites for hydroxylation is 2. The quantitative estimate of drug-likeness (QED) is 0.450. The van der Waals surface area contributed by atoms with Gasteiger partial charge in [-0.2, -0.15) is 0 Å². The highest BCUT2D eigenvalue weighted by Crippen LogP contribution is 2.36. The minimum atomic E-state index is -0.595. The lowest BCUT2D eigenvalue weighted by Gasteiger charge is -2.10. The number of ether oxygens (including phenoxy) is 2. The molecule has 2 aromatic carbocycles. The average molecular weight is 472 g/mol. The molecule has 0 spiro atoms. The van der Waals surface area contributed by atoms with Crippen molar-refractivity contribution in [3.63, 3.8) is 0 Å². The summed E-state index contributed by atoms with van der Waals surface area (Å²) in [7, 11) is 0. The number of anilines is 1. The molecule has 0 saturated carbocycles. The summed E-state index contributed by atoms with van der Waals surface area (Å²) in [5.41, 5.74) is 4.00. The van der Waals surface area contributed by atoms with Gasteiger partial charge in [0.1, 0.15) is 10.6 Å². The lowest BCUT2D eigenvalue weighted by Crippen LogP contribution is -2.21. The zero-order valence-electron chi connectivity index (χ0n) is 17.9. The standard InChI is InChI=1S/C24H22ClNO5S/c1-4-30-24(29)21-19(16-7-9-18(25)10-8-16)13-32-22(21)26-20(27)12-31-23(28)17-6-5-14(2)15(3)11-17/h5-11,13H,4,12H2,1-3H3,(H,26,27). The fourth-order valence-corrected chi connectivity index (χ4v) is 4.04. The molecule has 0 unspecified atom stereocenters. The minimum Gasteiger partial charge on any atom is -0.462 e. The van der Waals surface area contributed by atoms with Gasteiger partial charge in [-0.05, 0) is 61.7 Å². The number of carbonyl (C=O) groups excluding carboxylic acids is 3. The number of nitrogens with one attached hydrogen (secondary N) is 1. The highest BCUT2D eigenvalue weighted by molar-refractivity contribution is 7.15. The van der Waals surface area contributed by atoms with Crippen molar-refractivity contribution in [3.8, 4) is 11.1 Å². The maximum atomic E-state index is 12.6. The zero-order valence-corrected chi connectivity index (χ0v) is 19.4. The van der Waals surface area contributed by atoms with E-state index in [0.29, 0.717) is 21.2 Å². The van der Waals surface area contributed by atoms with E-state index in [9.17, 15) is 14.4 Å². The molecule has 1 aromatic heterocycles. The van der Waals surface area contributed by atoms with E-state index >= 15 is 0 Å². The molecule has 32 heavy (non-hydrogen) atoms. The first-order valence-electron chi connectivity index (χ1n) is 9.89. The topological polar surface area (TPSA) is 81.7 Å². The predicted molar refractivity (Wildman–Crippen MR) is 126 cm³/mol. The number of benzene rings is 2. The molecular weight excluding hydrogens is 450 g/mol. The Morgan fingerprint density at radius 3 is 2.34 bits per heavy atom. The number of hydrogen-bond donors (Lipinski definition) is 1. The minimum absolute atomic E-state index is 0.190. The maximum absolute atomic E-state index is 12.6. The molecule has 0 aliphatic rings. The smallest absolute Gasteiger partial charge is 0.341 e. The Morgan fingerprint density at radius 2 is 1.69 bits per heavy atom. The third kappa shape index (κ3) is 5.55. The van der Waals surface area contributed by atoms with Gasteiger partial charge in [0.15, 0.2) is 6.61 Å². The lowest BCUT2D eigenvalue weighted by atomic mass is 10.0. The van der Waals surface area contributed by atoms with E-state index in [-0.39, 0.29) is 12.2 Å². The fourth-order valence-electron chi connectivity index (χ4n) is 2.94. The van der Waals surface area contributed by atoms with Crippen molar-refractivity contribution in [2.24, 2.45) is 0 Å². The van der Waals surface area contributed by atoms with Crippen molar-refractivity contribution in [2.45, 2.75) is 20.8 Å². The van der Waals surface area contributed by atoms with Crippen molar-refractivity contribution in [3.05, 3.63) is 75.1 Å². The average Bonchev–Trinajstić information content (AvgIpc) is 3.18. The number of carbonyl (C=O) groups is 3. The molecular formula is C24H22ClNO5S. The molecule has 0 saturated heterocycles. The van der Waals surface area contributed by atoms with Gasteiger partial charge in [-0.3, -0.25) is 4.79 Å². The first-order valence-corrected chi connectivity index (χ1v) is 11.1. The van der Waals surface area contributed by atoms with E-state index in [0.717, 1.165) is 16.7 Å². The molecule has 8 heteroatoms. The first-order chi connectivity index (χ1) is 15.3. The molecule has 166 valence electrons. The molecule has 1 heterocycles. The molecule has 0 radical (unpaired) electrons. The van der Waals surface area contributed by atoms with Crippen LogP contribution in [0.2, 0.25) is 5.02 Å². The summed E-state index contributed by atoms with van der Waals surface area (Å²) in [6, 6.07) is 12.2. The van der Waals surface area contributed by atoms with Crippen LogP contribution in [0.15, 0.2) is 47.8 Å². The second-order valence-electron chi connectivity index (χ2n) is 7.00. The van der Waals surface area contributed by atoms with Crippen LogP contribution in [0.1, 0.15) is 38.8 Å². The normalized spacial score (nSPS) is 10.5. The van der Waals surface area contributed by atoms with Crippen LogP contribution >= 0.6 is 22.9 Å². The van der Waals surface area contributed by atoms with Gasteiger partial charge in [0.2, 0.25) is 0 Å². The van der Waals surface area contributed by atoms with Crippen LogP contribution in [-0.4, -0.2) is 31.1 Å². The third-order valence-electron chi connectivity index (χ3n) is 4.76. The molecule has 0 bridgehead atoms. The van der Waals surface area contributed by atoms with Gasteiger partial charge in [-0.1, -0.05) is 29.8 Å². The van der Waals surface area contributed by atoms with E-state index in [2.05, 4.69) is 5.32 Å². The van der Waals surface area contributed by atoms with Crippen molar-refractivity contribution < 1.29 is 23.9 Å². The SMILES string of the molecule is CCOC(=O)c1c(-c2ccc(Cl)cc2)csc1NC(=O)COC(=O)c1ccc(C)c(C)c1. The summed E-state index contributed by atoms with van der Waals surface area (Å²) in [6.45, 7) is 5.25. The van der Waals surface area contributed by atoms with Crippen molar-refractivity contribution >= 4 is 45.8 Å². The molecule has 0 aliphatic carbocycles. The largest absolute Gasteiger partial charge is 0.462 e. The summed E-state index contributed by atoms with van der Waals surface area (Å²) in [5, 5.41) is 5.30. The van der Waals surface area contributed by atoms with E-state index in [1.165, 1.54) is 11.3 Å². The summed E-state index contributed by atoms with van der Waals surface area (Å²) in [6.07, 6.45) is 0. The monoisotopic (exact) mass is 471 g/mol. The number of esters is 2. The van der Waals surface area contributed by atoms with Gasteiger partial charge in [0.05, 0.1) is 12.2 Å². The van der Waals surface area contributed by atoms with Crippen LogP contribution in [-0.2, 0) is 14.3 Å². The van der Waals surface area contributed by atoms with E-state index in [1.54, 1.807) is 48.7 Å². The van der Waals surface area contributed by atoms with Gasteiger partial charge in [0, 0.05) is 16.0 Å². The number of halogens is 1. The lowest BCUT2D eigenvalue weighted by molar-refractivity contribution is -0.119. The summed E-state index contributed by atoms with van der Waals surface area (Å²) in [5.74, 6) is -1.71. The van der Waals surface area contributed by atoms with Crippen molar-refractivity contribution in [1.29, 1.82) is 0 Å². The van der Waals surface area contributed by atoms with Crippen molar-refractivity contribution in [1.82, 2.24) is 0 Å². The molecule has 1 N–H and O–H groups in total. The summed E-state index contributed by atoms with van der Waals surface area (Å²) >= 11 is 7.14. The third-order valence-corrected chi connectivity index (χ3v) is 5.90. The van der Waals surface area contributed by atoms with E-state index in [1.807, 2.05) is 19.9 Å². The van der Waals surface area contributed by atoms with Crippen LogP contribution in [0.4, 0.5) is 5.00 Å². The number of amides is 1. The number of thiophene rings is 1. The van der Waals surface area contributed by atoms with Crippen LogP contribution in [0.5, 0.6) is 0 Å². The Labute approximate surface area is 195 Å². The van der Waals surface area contributed by atoms with Gasteiger partial charge < -0.3 is 14.8 Å². The first kappa shape index (κ1) is 23.5. The second-order valence-corrected chi connectivity index (χ2v) is 8.32. The Bertz CT molecular complexity index is 1150. The van der Waals surface area contributed by atoms with Crippen LogP contribution < -0.4 is 5.32 Å². The summed E-state index contributed by atoms with van der Waals surface area (Å²) in [4.78, 5) is 37.3. The number of rotatable bonds is 7. The molecule has 3 aromatic rings. The molecule has 6 nitrogen and oxygen atoms in total. The molecule has 1 amide bonds. The maximum Gasteiger partial charge on any atom is 0.341 e. The molecule has 0 atom stereocenters. The second kappa shape index (κ2) is 10.4.